The second kappa shape index (κ2) is 10.2. The topological polar surface area (TPSA) is 130 Å². The van der Waals surface area contributed by atoms with Gasteiger partial charge in [-0.15, -0.1) is 10.2 Å². The van der Waals surface area contributed by atoms with Crippen LogP contribution in [0, 0.1) is 0 Å². The van der Waals surface area contributed by atoms with Crippen LogP contribution in [0.2, 0.25) is 5.02 Å². The Balaban J connectivity index is 2.00. The van der Waals surface area contributed by atoms with Crippen LogP contribution in [0.25, 0.3) is 5.69 Å². The van der Waals surface area contributed by atoms with Gasteiger partial charge in [0.15, 0.2) is 11.3 Å². The fourth-order valence-electron chi connectivity index (χ4n) is 3.14. The van der Waals surface area contributed by atoms with Gasteiger partial charge in [-0.05, 0) is 12.1 Å². The van der Waals surface area contributed by atoms with E-state index in [2.05, 4.69) is 24.9 Å². The molecule has 2 heterocycles. The van der Waals surface area contributed by atoms with Gasteiger partial charge in [0.25, 0.3) is 10.0 Å². The van der Waals surface area contributed by atoms with Crippen molar-refractivity contribution in [3.8, 4) is 11.4 Å². The quantitative estimate of drug-likeness (QED) is 0.462. The first kappa shape index (κ1) is 23.9. The molecule has 0 aliphatic heterocycles. The fraction of sp³-hybridized carbons (Fsp3) is 0.368. The van der Waals surface area contributed by atoms with Crippen LogP contribution >= 0.6 is 11.6 Å². The highest BCUT2D eigenvalue weighted by atomic mass is 35.5. The van der Waals surface area contributed by atoms with E-state index in [4.69, 9.17) is 25.8 Å². The van der Waals surface area contributed by atoms with E-state index in [1.165, 1.54) is 38.3 Å². The standard InChI is InChI=1S/C19H23ClN6O5S/c1-12(17-21-9-13(20)10-22-17)18(31-4)32(27,28)25-19-24-23-16(11-29-2)26(19)14-7-5-6-8-15(14)30-3/h5-10,12,18H,11H2,1-4H3,(H,24,25)/t12-,18-/m0/s1. The molecular weight excluding hydrogens is 460 g/mol. The van der Waals surface area contributed by atoms with Crippen molar-refractivity contribution in [3.05, 3.63) is 53.3 Å². The molecule has 0 bridgehead atoms. The van der Waals surface area contributed by atoms with Crippen LogP contribution in [-0.4, -0.2) is 59.9 Å². The van der Waals surface area contributed by atoms with E-state index < -0.39 is 21.4 Å². The lowest BCUT2D eigenvalue weighted by Gasteiger charge is -2.22. The first-order valence-corrected chi connectivity index (χ1v) is 11.3. The summed E-state index contributed by atoms with van der Waals surface area (Å²) in [5, 5.41) is 8.42. The Morgan fingerprint density at radius 3 is 2.44 bits per heavy atom. The van der Waals surface area contributed by atoms with Gasteiger partial charge in [0.1, 0.15) is 18.2 Å². The Morgan fingerprint density at radius 2 is 1.81 bits per heavy atom. The van der Waals surface area contributed by atoms with Gasteiger partial charge in [0.05, 0.1) is 23.7 Å². The van der Waals surface area contributed by atoms with Gasteiger partial charge in [-0.1, -0.05) is 30.7 Å². The second-order valence-corrected chi connectivity index (χ2v) is 8.87. The van der Waals surface area contributed by atoms with Crippen molar-refractivity contribution in [1.29, 1.82) is 0 Å². The number of nitrogens with zero attached hydrogens (tertiary/aromatic N) is 5. The lowest BCUT2D eigenvalue weighted by molar-refractivity contribution is 0.143. The van der Waals surface area contributed by atoms with E-state index >= 15 is 0 Å². The van der Waals surface area contributed by atoms with Gasteiger partial charge in [0.2, 0.25) is 5.95 Å². The van der Waals surface area contributed by atoms with E-state index in [1.807, 2.05) is 0 Å². The number of aromatic nitrogens is 5. The average molecular weight is 483 g/mol. The largest absolute Gasteiger partial charge is 0.495 e. The van der Waals surface area contributed by atoms with E-state index in [0.29, 0.717) is 22.3 Å². The van der Waals surface area contributed by atoms with Crippen LogP contribution in [0.5, 0.6) is 5.75 Å². The maximum absolute atomic E-state index is 13.3. The maximum Gasteiger partial charge on any atom is 0.262 e. The van der Waals surface area contributed by atoms with E-state index in [9.17, 15) is 8.42 Å². The SMILES string of the molecule is COCc1nnc(NS(=O)(=O)[C@H](OC)[C@@H](C)c2ncc(Cl)cn2)n1-c1ccccc1OC. The summed E-state index contributed by atoms with van der Waals surface area (Å²) in [6.45, 7) is 1.73. The normalized spacial score (nSPS) is 13.5. The molecule has 32 heavy (non-hydrogen) atoms. The summed E-state index contributed by atoms with van der Waals surface area (Å²) in [5.74, 6) is 0.371. The zero-order chi connectivity index (χ0) is 23.3. The Labute approximate surface area is 190 Å². The zero-order valence-electron chi connectivity index (χ0n) is 17.9. The Morgan fingerprint density at radius 1 is 1.12 bits per heavy atom. The molecule has 172 valence electrons. The number of hydrogen-bond acceptors (Lipinski definition) is 9. The number of halogens is 1. The number of para-hydroxylation sites is 2. The molecule has 0 unspecified atom stereocenters. The van der Waals surface area contributed by atoms with E-state index in [0.717, 1.165) is 0 Å². The number of benzene rings is 1. The summed E-state index contributed by atoms with van der Waals surface area (Å²) in [6, 6.07) is 7.06. The number of methoxy groups -OCH3 is 3. The van der Waals surface area contributed by atoms with Gasteiger partial charge in [-0.3, -0.25) is 4.57 Å². The Bertz CT molecular complexity index is 1160. The van der Waals surface area contributed by atoms with Crippen molar-refractivity contribution in [2.24, 2.45) is 0 Å². The van der Waals surface area contributed by atoms with Crippen molar-refractivity contribution >= 4 is 27.6 Å². The van der Waals surface area contributed by atoms with Gasteiger partial charge in [-0.25, -0.2) is 23.1 Å². The molecule has 1 aromatic carbocycles. The number of nitrogens with one attached hydrogen (secondary N) is 1. The summed E-state index contributed by atoms with van der Waals surface area (Å²) in [5.41, 5.74) is -0.787. The van der Waals surface area contributed by atoms with Crippen LogP contribution in [0.4, 0.5) is 5.95 Å². The number of sulfonamides is 1. The molecule has 0 aliphatic carbocycles. The molecule has 0 saturated heterocycles. The molecule has 2 atom stereocenters. The van der Waals surface area contributed by atoms with E-state index in [-0.39, 0.29) is 18.4 Å². The molecule has 3 aromatic rings. The van der Waals surface area contributed by atoms with E-state index in [1.54, 1.807) is 31.2 Å². The third-order valence-electron chi connectivity index (χ3n) is 4.56. The minimum Gasteiger partial charge on any atom is -0.495 e. The molecule has 0 aliphatic rings. The summed E-state index contributed by atoms with van der Waals surface area (Å²) in [7, 11) is 0.176. The first-order chi connectivity index (χ1) is 15.3. The second-order valence-electron chi connectivity index (χ2n) is 6.68. The third-order valence-corrected chi connectivity index (χ3v) is 6.43. The average Bonchev–Trinajstić information content (AvgIpc) is 3.15. The van der Waals surface area contributed by atoms with Crippen molar-refractivity contribution in [1.82, 2.24) is 24.7 Å². The van der Waals surface area contributed by atoms with Crippen molar-refractivity contribution in [3.63, 3.8) is 0 Å². The van der Waals surface area contributed by atoms with Crippen LogP contribution < -0.4 is 9.46 Å². The van der Waals surface area contributed by atoms with Gasteiger partial charge < -0.3 is 14.2 Å². The summed E-state index contributed by atoms with van der Waals surface area (Å²) < 4.78 is 46.4. The molecule has 11 nitrogen and oxygen atoms in total. The third kappa shape index (κ3) is 4.99. The molecule has 0 fully saturated rings. The van der Waals surface area contributed by atoms with Gasteiger partial charge in [-0.2, -0.15) is 0 Å². The fourth-order valence-corrected chi connectivity index (χ4v) is 4.65. The summed E-state index contributed by atoms with van der Waals surface area (Å²) in [6.07, 6.45) is 2.78. The lowest BCUT2D eigenvalue weighted by atomic mass is 10.2. The highest BCUT2D eigenvalue weighted by Crippen LogP contribution is 2.29. The minimum absolute atomic E-state index is 0.0483. The molecule has 13 heteroatoms. The number of ether oxygens (including phenoxy) is 3. The predicted octanol–water partition coefficient (Wildman–Crippen LogP) is 2.38. The smallest absolute Gasteiger partial charge is 0.262 e. The molecular formula is C19H23ClN6O5S. The van der Waals surface area contributed by atoms with Gasteiger partial charge in [0, 0.05) is 26.6 Å². The molecule has 0 saturated carbocycles. The van der Waals surface area contributed by atoms with Crippen LogP contribution in [0.15, 0.2) is 36.7 Å². The number of hydrogen-bond donors (Lipinski definition) is 1. The summed E-state index contributed by atoms with van der Waals surface area (Å²) in [4.78, 5) is 8.20. The molecule has 0 spiro atoms. The molecule has 0 amide bonds. The number of rotatable bonds is 10. The molecule has 0 radical (unpaired) electrons. The van der Waals surface area contributed by atoms with Crippen molar-refractivity contribution in [2.45, 2.75) is 24.9 Å². The van der Waals surface area contributed by atoms with Crippen LogP contribution in [0.3, 0.4) is 0 Å². The zero-order valence-corrected chi connectivity index (χ0v) is 19.5. The highest BCUT2D eigenvalue weighted by Gasteiger charge is 2.35. The Kier molecular flexibility index (Phi) is 7.61. The van der Waals surface area contributed by atoms with Crippen LogP contribution in [-0.2, 0) is 26.1 Å². The minimum atomic E-state index is -4.12. The monoisotopic (exact) mass is 482 g/mol. The van der Waals surface area contributed by atoms with Gasteiger partial charge >= 0.3 is 0 Å². The highest BCUT2D eigenvalue weighted by molar-refractivity contribution is 7.93. The van der Waals surface area contributed by atoms with Crippen molar-refractivity contribution in [2.75, 3.05) is 26.1 Å². The summed E-state index contributed by atoms with van der Waals surface area (Å²) >= 11 is 5.83. The van der Waals surface area contributed by atoms with Crippen LogP contribution in [0.1, 0.15) is 24.5 Å². The first-order valence-electron chi connectivity index (χ1n) is 9.40. The number of anilines is 1. The molecule has 3 rings (SSSR count). The maximum atomic E-state index is 13.3. The molecule has 1 N–H and O–H groups in total. The predicted molar refractivity (Wildman–Crippen MR) is 117 cm³/mol. The Hall–Kier alpha value is -2.80. The lowest BCUT2D eigenvalue weighted by Crippen LogP contribution is -2.35. The van der Waals surface area contributed by atoms with Crippen molar-refractivity contribution < 1.29 is 22.6 Å². The molecule has 2 aromatic heterocycles.